The number of amides is 12. The van der Waals surface area contributed by atoms with Crippen LogP contribution in [-0.2, 0) is 89.6 Å². The van der Waals surface area contributed by atoms with Crippen LogP contribution in [0.2, 0.25) is 0 Å². The van der Waals surface area contributed by atoms with Crippen LogP contribution in [0.1, 0.15) is 103 Å². The first kappa shape index (κ1) is 93.5. The highest BCUT2D eigenvalue weighted by Gasteiger charge is 2.38. The Morgan fingerprint density at radius 1 is 0.440 bits per heavy atom. The van der Waals surface area contributed by atoms with Crippen LogP contribution in [0.3, 0.4) is 0 Å². The first-order valence-electron chi connectivity index (χ1n) is 34.3. The van der Waals surface area contributed by atoms with E-state index in [1.165, 1.54) is 81.1 Å². The summed E-state index contributed by atoms with van der Waals surface area (Å²) in [5.74, 6) is -21.6. The maximum atomic E-state index is 14.5. The first-order chi connectivity index (χ1) is 51.3. The van der Waals surface area contributed by atoms with Crippen molar-refractivity contribution in [3.63, 3.8) is 0 Å². The summed E-state index contributed by atoms with van der Waals surface area (Å²) in [6.07, 6.45) is -2.68. The van der Waals surface area contributed by atoms with Crippen molar-refractivity contribution < 1.29 is 112 Å². The van der Waals surface area contributed by atoms with Crippen molar-refractivity contribution in [1.82, 2.24) is 63.8 Å². The average molecular weight is 1560 g/mol. The highest BCUT2D eigenvalue weighted by molar-refractivity contribution is 7.98. The third-order valence-electron chi connectivity index (χ3n) is 16.2. The van der Waals surface area contributed by atoms with E-state index in [-0.39, 0.29) is 91.9 Å². The smallest absolute Gasteiger partial charge is 0.326 e. The minimum atomic E-state index is -2.07. The summed E-state index contributed by atoms with van der Waals surface area (Å²) in [7, 11) is 0. The summed E-state index contributed by atoms with van der Waals surface area (Å²) < 4.78 is 0. The molecule has 604 valence electrons. The first-order valence-corrected chi connectivity index (χ1v) is 35.7. The monoisotopic (exact) mass is 1560 g/mol. The zero-order valence-corrected chi connectivity index (χ0v) is 61.5. The van der Waals surface area contributed by atoms with E-state index in [1.54, 1.807) is 13.2 Å². The molecule has 0 radical (unpaired) electrons. The molecule has 0 aromatic heterocycles. The van der Waals surface area contributed by atoms with Crippen LogP contribution in [0.15, 0.2) is 58.5 Å². The largest absolute Gasteiger partial charge is 0.508 e. The third kappa shape index (κ3) is 36.5. The number of carbonyl (C=O) groups is 16. The molecule has 42 nitrogen and oxygen atoms in total. The van der Waals surface area contributed by atoms with Crippen LogP contribution in [0.4, 0.5) is 0 Å². The number of rotatable bonds is 51. The van der Waals surface area contributed by atoms with Crippen molar-refractivity contribution >= 4 is 118 Å². The number of carboxylic acids is 4. The van der Waals surface area contributed by atoms with Crippen LogP contribution in [0.5, 0.6) is 11.5 Å². The minimum Gasteiger partial charge on any atom is -0.508 e. The number of guanidine groups is 2. The number of nitrogens with two attached hydrogens (primary N) is 5. The zero-order chi connectivity index (χ0) is 82.2. The Morgan fingerprint density at radius 2 is 0.835 bits per heavy atom. The van der Waals surface area contributed by atoms with Gasteiger partial charge in [-0.25, -0.2) is 4.79 Å². The Morgan fingerprint density at radius 3 is 1.29 bits per heavy atom. The standard InChI is InChI=1S/C66H101N19O23S/c1-6-33(4)53(63(106)79-39(10-8-23-73-66(70)71)57(100)84-52(32(2)3)64(107)108)85-61(104)44(27-50(93)94)76-48(90)30-74-47(89)29-75-55(98)40(19-20-49(91)92)77-56(99)41(21-24-109-5)78-58(101)42(25-34-11-15-36(87)16-12-34)80-60(103)45(28-51(95)96)82-59(102)43(26-35-13-17-37(88)18-14-35)81-62(105)46(31-86)83-54(97)38(67)9-7-22-72-65(68)69/h11-18,32-33,38-46,52-53,86-88H,6-10,19-31,67H2,1-5H3,(H,74,89)(H,75,98)(H,76,90)(H,77,99)(H,78,101)(H,79,106)(H,80,103)(H,81,105)(H,82,102)(H,83,97)(H,84,100)(H,85,104)(H,91,92)(H,93,94)(H,95,96)(H,107,108)(H4,68,69,72)(H4,70,71,73)/t33-,38-,39-,40-,41-,42-,43-,44-,45-,46-,52-,53-/m0/s1. The lowest BCUT2D eigenvalue weighted by Crippen LogP contribution is -2.61. The van der Waals surface area contributed by atoms with E-state index in [9.17, 15) is 112 Å². The summed E-state index contributed by atoms with van der Waals surface area (Å²) in [4.78, 5) is 221. The molecule has 0 saturated carbocycles. The van der Waals surface area contributed by atoms with Crippen LogP contribution >= 0.6 is 11.8 Å². The fourth-order valence-electron chi connectivity index (χ4n) is 9.98. The summed E-state index contributed by atoms with van der Waals surface area (Å²) in [6, 6.07) is -7.83. The highest BCUT2D eigenvalue weighted by Crippen LogP contribution is 2.17. The molecule has 0 unspecified atom stereocenters. The predicted molar refractivity (Wildman–Crippen MR) is 390 cm³/mol. The second-order valence-corrected chi connectivity index (χ2v) is 26.3. The molecular formula is C66H101N19O23S. The van der Waals surface area contributed by atoms with Gasteiger partial charge in [0.1, 0.15) is 71.9 Å². The van der Waals surface area contributed by atoms with Crippen LogP contribution < -0.4 is 92.5 Å². The van der Waals surface area contributed by atoms with E-state index >= 15 is 0 Å². The molecule has 0 aliphatic heterocycles. The number of hydrogen-bond acceptors (Lipinski definition) is 23. The molecule has 0 heterocycles. The Bertz CT molecular complexity index is 3530. The molecule has 29 N–H and O–H groups in total. The van der Waals surface area contributed by atoms with Gasteiger partial charge in [0.15, 0.2) is 11.9 Å². The number of carbonyl (C=O) groups excluding carboxylic acids is 12. The molecule has 2 aromatic rings. The molecule has 0 aliphatic rings. The Labute approximate surface area is 630 Å². The van der Waals surface area contributed by atoms with Crippen molar-refractivity contribution in [1.29, 1.82) is 0 Å². The number of nitrogens with zero attached hydrogens (tertiary/aromatic N) is 2. The van der Waals surface area contributed by atoms with Crippen molar-refractivity contribution in [3.05, 3.63) is 59.7 Å². The van der Waals surface area contributed by atoms with Crippen molar-refractivity contribution in [3.8, 4) is 11.5 Å². The number of carboxylic acid groups (broad SMARTS) is 4. The second kappa shape index (κ2) is 48.5. The SMILES string of the molecule is CC[C@H](C)[C@H](NC(=O)[C@H](CC(=O)O)NC(=O)CNC(=O)CNC(=O)[C@H](CCC(=O)O)NC(=O)[C@H](CCSC)NC(=O)[C@H](Cc1ccc(O)cc1)NC(=O)[C@H](CC(=O)O)NC(=O)[C@H](Cc1ccc(O)cc1)NC(=O)[C@H](CO)NC(=O)[C@@H](N)CCCN=C(N)N)C(=O)N[C@@H](CCCN=C(N)N)C(=O)N[C@H](C(=O)O)C(C)C. The number of aromatic hydroxyl groups is 2. The molecule has 0 saturated heterocycles. The third-order valence-corrected chi connectivity index (χ3v) is 16.8. The molecular weight excluding hydrogens is 1460 g/mol. The molecule has 12 amide bonds. The number of aliphatic imine (C=N–C) groups is 2. The number of aliphatic hydroxyl groups excluding tert-OH is 1. The van der Waals surface area contributed by atoms with E-state index in [4.69, 9.17) is 28.7 Å². The van der Waals surface area contributed by atoms with Crippen LogP contribution in [0, 0.1) is 11.8 Å². The van der Waals surface area contributed by atoms with Gasteiger partial charge in [0, 0.05) is 32.4 Å². The Hall–Kier alpha value is -11.6. The quantitative estimate of drug-likeness (QED) is 0.0166. The number of benzene rings is 2. The van der Waals surface area contributed by atoms with E-state index in [0.717, 1.165) is 0 Å². The van der Waals surface area contributed by atoms with Crippen molar-refractivity contribution in [2.24, 2.45) is 50.5 Å². The molecule has 0 fully saturated rings. The number of phenols is 2. The predicted octanol–water partition coefficient (Wildman–Crippen LogP) is -7.26. The van der Waals surface area contributed by atoms with Gasteiger partial charge in [-0.05, 0) is 97.8 Å². The van der Waals surface area contributed by atoms with Gasteiger partial charge in [0.2, 0.25) is 70.9 Å². The number of aliphatic hydroxyl groups is 1. The van der Waals surface area contributed by atoms with Gasteiger partial charge in [-0.3, -0.25) is 81.9 Å². The van der Waals surface area contributed by atoms with Crippen molar-refractivity contribution in [2.75, 3.05) is 44.8 Å². The minimum absolute atomic E-state index is 0.000100. The van der Waals surface area contributed by atoms with Crippen molar-refractivity contribution in [2.45, 2.75) is 171 Å². The molecule has 109 heavy (non-hydrogen) atoms. The number of aliphatic carboxylic acids is 4. The molecule has 0 spiro atoms. The van der Waals surface area contributed by atoms with Gasteiger partial charge in [-0.2, -0.15) is 11.8 Å². The summed E-state index contributed by atoms with van der Waals surface area (Å²) >= 11 is 1.18. The molecule has 12 atom stereocenters. The summed E-state index contributed by atoms with van der Waals surface area (Å²) in [6.45, 7) is 3.38. The lowest BCUT2D eigenvalue weighted by Gasteiger charge is -2.29. The molecule has 0 aliphatic carbocycles. The summed E-state index contributed by atoms with van der Waals surface area (Å²) in [5, 5.41) is 97.1. The molecule has 2 rings (SSSR count). The fraction of sp³-hybridized carbons (Fsp3) is 0.545. The lowest BCUT2D eigenvalue weighted by molar-refractivity contribution is -0.143. The normalized spacial score (nSPS) is 14.2. The maximum Gasteiger partial charge on any atom is 0.326 e. The van der Waals surface area contributed by atoms with Gasteiger partial charge < -0.3 is 128 Å². The highest BCUT2D eigenvalue weighted by atomic mass is 32.2. The van der Waals surface area contributed by atoms with Gasteiger partial charge in [0.05, 0.1) is 38.6 Å². The molecule has 2 aromatic carbocycles. The van der Waals surface area contributed by atoms with Gasteiger partial charge >= 0.3 is 23.9 Å². The molecule has 0 bridgehead atoms. The summed E-state index contributed by atoms with van der Waals surface area (Å²) in [5.41, 5.74) is 28.0. The zero-order valence-electron chi connectivity index (χ0n) is 60.7. The lowest BCUT2D eigenvalue weighted by atomic mass is 9.96. The number of hydrogen-bond donors (Lipinski definition) is 24. The number of nitrogens with one attached hydrogen (secondary N) is 12. The van der Waals surface area contributed by atoms with Gasteiger partial charge in [-0.1, -0.05) is 58.4 Å². The van der Waals surface area contributed by atoms with Crippen LogP contribution in [-0.4, -0.2) is 254 Å². The number of thioether (sulfide) groups is 1. The number of phenolic OH excluding ortho intramolecular Hbond substituents is 2. The maximum absolute atomic E-state index is 14.5. The van der Waals surface area contributed by atoms with Gasteiger partial charge in [-0.15, -0.1) is 0 Å². The van der Waals surface area contributed by atoms with E-state index in [1.807, 2.05) is 0 Å². The van der Waals surface area contributed by atoms with E-state index in [2.05, 4.69) is 73.8 Å². The van der Waals surface area contributed by atoms with Gasteiger partial charge in [0.25, 0.3) is 0 Å². The topological polar surface area (TPSA) is 714 Å². The fourth-order valence-corrected chi connectivity index (χ4v) is 10.5. The Balaban J connectivity index is 2.40. The average Bonchev–Trinajstić information content (AvgIpc) is 0.859. The molecule has 43 heteroatoms. The van der Waals surface area contributed by atoms with E-state index in [0.29, 0.717) is 0 Å². The van der Waals surface area contributed by atoms with E-state index < -0.39 is 231 Å². The Kier molecular flexibility index (Phi) is 41.6. The van der Waals surface area contributed by atoms with Crippen LogP contribution in [0.25, 0.3) is 0 Å². The second-order valence-electron chi connectivity index (χ2n) is 25.3.